The predicted molar refractivity (Wildman–Crippen MR) is 76.0 cm³/mol. The largest absolute Gasteiger partial charge is 0.478 e. The monoisotopic (exact) mass is 322 g/mol. The van der Waals surface area contributed by atoms with E-state index < -0.39 is 5.97 Å². The van der Waals surface area contributed by atoms with Gasteiger partial charge >= 0.3 is 5.97 Å². The average Bonchev–Trinajstić information content (AvgIpc) is 2.29. The third-order valence-electron chi connectivity index (χ3n) is 2.92. The first-order valence-electron chi connectivity index (χ1n) is 5.70. The fraction of sp³-hybridized carbons (Fsp3) is 0.133. The maximum Gasteiger partial charge on any atom is 0.336 e. The zero-order chi connectivity index (χ0) is 14.2. The standard InChI is InChI=1S/C15H12BrFO2/c1-8-5-9(2)14(13(17)6-8)10-3-4-12(16)11(7-10)15(18)19/h3-7H,1-2H3,(H,18,19). The Morgan fingerprint density at radius 3 is 2.47 bits per heavy atom. The van der Waals surface area contributed by atoms with Crippen molar-refractivity contribution in [3.8, 4) is 11.1 Å². The van der Waals surface area contributed by atoms with Gasteiger partial charge in [-0.2, -0.15) is 0 Å². The van der Waals surface area contributed by atoms with Crippen molar-refractivity contribution in [3.05, 3.63) is 57.3 Å². The third-order valence-corrected chi connectivity index (χ3v) is 3.61. The van der Waals surface area contributed by atoms with Crippen LogP contribution in [0.15, 0.2) is 34.8 Å². The number of aryl methyl sites for hydroxylation is 2. The average molecular weight is 323 g/mol. The molecule has 0 aliphatic carbocycles. The van der Waals surface area contributed by atoms with E-state index in [4.69, 9.17) is 5.11 Å². The van der Waals surface area contributed by atoms with Crippen molar-refractivity contribution in [3.63, 3.8) is 0 Å². The molecule has 19 heavy (non-hydrogen) atoms. The highest BCUT2D eigenvalue weighted by molar-refractivity contribution is 9.10. The summed E-state index contributed by atoms with van der Waals surface area (Å²) in [6.07, 6.45) is 0. The van der Waals surface area contributed by atoms with E-state index in [1.807, 2.05) is 19.9 Å². The molecular weight excluding hydrogens is 311 g/mol. The molecule has 0 radical (unpaired) electrons. The van der Waals surface area contributed by atoms with E-state index in [0.717, 1.165) is 11.1 Å². The van der Waals surface area contributed by atoms with Gasteiger partial charge in [-0.3, -0.25) is 0 Å². The lowest BCUT2D eigenvalue weighted by molar-refractivity contribution is 0.0696. The summed E-state index contributed by atoms with van der Waals surface area (Å²) in [6.45, 7) is 3.64. The fourth-order valence-corrected chi connectivity index (χ4v) is 2.54. The molecule has 0 spiro atoms. The van der Waals surface area contributed by atoms with E-state index in [1.165, 1.54) is 12.1 Å². The molecule has 0 aliphatic heterocycles. The molecule has 0 saturated heterocycles. The predicted octanol–water partition coefficient (Wildman–Crippen LogP) is 4.57. The zero-order valence-corrected chi connectivity index (χ0v) is 12.1. The van der Waals surface area contributed by atoms with E-state index in [0.29, 0.717) is 15.6 Å². The fourth-order valence-electron chi connectivity index (χ4n) is 2.13. The van der Waals surface area contributed by atoms with Crippen molar-refractivity contribution in [2.24, 2.45) is 0 Å². The smallest absolute Gasteiger partial charge is 0.336 e. The van der Waals surface area contributed by atoms with Crippen LogP contribution in [-0.2, 0) is 0 Å². The van der Waals surface area contributed by atoms with E-state index in [-0.39, 0.29) is 11.4 Å². The van der Waals surface area contributed by atoms with Crippen LogP contribution in [0.5, 0.6) is 0 Å². The second kappa shape index (κ2) is 5.13. The molecule has 0 atom stereocenters. The topological polar surface area (TPSA) is 37.3 Å². The van der Waals surface area contributed by atoms with Crippen LogP contribution < -0.4 is 0 Å². The first-order chi connectivity index (χ1) is 8.90. The minimum atomic E-state index is -1.04. The highest BCUT2D eigenvalue weighted by Gasteiger charge is 2.14. The van der Waals surface area contributed by atoms with Crippen LogP contribution in [-0.4, -0.2) is 11.1 Å². The number of aromatic carboxylic acids is 1. The van der Waals surface area contributed by atoms with Gasteiger partial charge in [0, 0.05) is 10.0 Å². The quantitative estimate of drug-likeness (QED) is 0.879. The van der Waals surface area contributed by atoms with E-state index in [9.17, 15) is 9.18 Å². The summed E-state index contributed by atoms with van der Waals surface area (Å²) in [5.41, 5.74) is 2.76. The van der Waals surface area contributed by atoms with Crippen molar-refractivity contribution >= 4 is 21.9 Å². The van der Waals surface area contributed by atoms with Crippen molar-refractivity contribution < 1.29 is 14.3 Å². The second-order valence-electron chi connectivity index (χ2n) is 4.44. The summed E-state index contributed by atoms with van der Waals surface area (Å²) in [4.78, 5) is 11.1. The van der Waals surface area contributed by atoms with Gasteiger partial charge in [0.25, 0.3) is 0 Å². The van der Waals surface area contributed by atoms with Crippen LogP contribution >= 0.6 is 15.9 Å². The Morgan fingerprint density at radius 1 is 1.21 bits per heavy atom. The maximum absolute atomic E-state index is 14.1. The summed E-state index contributed by atoms with van der Waals surface area (Å²) in [5, 5.41) is 9.10. The minimum absolute atomic E-state index is 0.122. The number of hydrogen-bond acceptors (Lipinski definition) is 1. The Hall–Kier alpha value is -1.68. The van der Waals surface area contributed by atoms with Crippen molar-refractivity contribution in [1.82, 2.24) is 0 Å². The van der Waals surface area contributed by atoms with E-state index >= 15 is 0 Å². The third kappa shape index (κ3) is 2.68. The van der Waals surface area contributed by atoms with Gasteiger partial charge in [-0.15, -0.1) is 0 Å². The van der Waals surface area contributed by atoms with Gasteiger partial charge in [0.2, 0.25) is 0 Å². The molecule has 0 aliphatic rings. The highest BCUT2D eigenvalue weighted by Crippen LogP contribution is 2.30. The van der Waals surface area contributed by atoms with Crippen LogP contribution in [0, 0.1) is 19.7 Å². The molecule has 2 aromatic carbocycles. The number of carboxylic acid groups (broad SMARTS) is 1. The minimum Gasteiger partial charge on any atom is -0.478 e. The molecule has 98 valence electrons. The maximum atomic E-state index is 14.1. The first-order valence-corrected chi connectivity index (χ1v) is 6.49. The number of hydrogen-bond donors (Lipinski definition) is 1. The molecular formula is C15H12BrFO2. The SMILES string of the molecule is Cc1cc(C)c(-c2ccc(Br)c(C(=O)O)c2)c(F)c1. The Kier molecular flexibility index (Phi) is 3.71. The Bertz CT molecular complexity index is 642. The lowest BCUT2D eigenvalue weighted by atomic mass is 9.96. The molecule has 4 heteroatoms. The Morgan fingerprint density at radius 2 is 1.89 bits per heavy atom. The normalized spacial score (nSPS) is 10.5. The molecule has 0 aromatic heterocycles. The molecule has 0 heterocycles. The summed E-state index contributed by atoms with van der Waals surface area (Å²) < 4.78 is 14.6. The highest BCUT2D eigenvalue weighted by atomic mass is 79.9. The summed E-state index contributed by atoms with van der Waals surface area (Å²) >= 11 is 3.18. The molecule has 0 saturated carbocycles. The van der Waals surface area contributed by atoms with E-state index in [1.54, 1.807) is 12.1 Å². The van der Waals surface area contributed by atoms with Crippen LogP contribution in [0.1, 0.15) is 21.5 Å². The molecule has 0 unspecified atom stereocenters. The second-order valence-corrected chi connectivity index (χ2v) is 5.29. The first kappa shape index (κ1) is 13.7. The van der Waals surface area contributed by atoms with Crippen molar-refractivity contribution in [2.45, 2.75) is 13.8 Å². The number of rotatable bonds is 2. The zero-order valence-electron chi connectivity index (χ0n) is 10.5. The van der Waals surface area contributed by atoms with Gasteiger partial charge in [0.15, 0.2) is 0 Å². The van der Waals surface area contributed by atoms with Crippen molar-refractivity contribution in [2.75, 3.05) is 0 Å². The molecule has 2 nitrogen and oxygen atoms in total. The van der Waals surface area contributed by atoms with Gasteiger partial charge in [0.1, 0.15) is 5.82 Å². The number of benzene rings is 2. The number of halogens is 2. The lowest BCUT2D eigenvalue weighted by Gasteiger charge is -2.10. The number of carboxylic acids is 1. The van der Waals surface area contributed by atoms with Gasteiger partial charge in [-0.25, -0.2) is 9.18 Å². The Labute approximate surface area is 119 Å². The van der Waals surface area contributed by atoms with E-state index in [2.05, 4.69) is 15.9 Å². The van der Waals surface area contributed by atoms with Crippen LogP contribution in [0.2, 0.25) is 0 Å². The number of carbonyl (C=O) groups is 1. The summed E-state index contributed by atoms with van der Waals surface area (Å²) in [7, 11) is 0. The molecule has 2 rings (SSSR count). The van der Waals surface area contributed by atoms with Crippen LogP contribution in [0.3, 0.4) is 0 Å². The van der Waals surface area contributed by atoms with Crippen LogP contribution in [0.25, 0.3) is 11.1 Å². The summed E-state index contributed by atoms with van der Waals surface area (Å²) in [6, 6.07) is 8.13. The van der Waals surface area contributed by atoms with Crippen molar-refractivity contribution in [1.29, 1.82) is 0 Å². The van der Waals surface area contributed by atoms with Gasteiger partial charge < -0.3 is 5.11 Å². The van der Waals surface area contributed by atoms with Gasteiger partial charge in [-0.1, -0.05) is 12.1 Å². The molecule has 1 N–H and O–H groups in total. The molecule has 0 bridgehead atoms. The Balaban J connectivity index is 2.66. The van der Waals surface area contributed by atoms with Gasteiger partial charge in [0.05, 0.1) is 5.56 Å². The van der Waals surface area contributed by atoms with Crippen LogP contribution in [0.4, 0.5) is 4.39 Å². The molecule has 0 amide bonds. The molecule has 0 fully saturated rings. The lowest BCUT2D eigenvalue weighted by Crippen LogP contribution is -1.99. The molecule has 2 aromatic rings. The van der Waals surface area contributed by atoms with Gasteiger partial charge in [-0.05, 0) is 64.7 Å². The summed E-state index contributed by atoms with van der Waals surface area (Å²) in [5.74, 6) is -1.38.